The molecule has 0 heterocycles. The zero-order chi connectivity index (χ0) is 19.2. The van der Waals surface area contributed by atoms with Crippen LogP contribution in [0.5, 0.6) is 5.75 Å². The van der Waals surface area contributed by atoms with Crippen molar-refractivity contribution in [1.82, 2.24) is 0 Å². The molecular weight excluding hydrogens is 334 g/mol. The topological polar surface area (TPSA) is 73.9 Å². The molecule has 6 heteroatoms. The first-order valence-electron chi connectivity index (χ1n) is 9.35. The predicted molar refractivity (Wildman–Crippen MR) is 99.6 cm³/mol. The van der Waals surface area contributed by atoms with Gasteiger partial charge in [0.1, 0.15) is 16.9 Å². The molecule has 1 aromatic carbocycles. The molecule has 1 atom stereocenters. The molecule has 1 fully saturated rings. The third-order valence-electron chi connectivity index (χ3n) is 4.45. The lowest BCUT2D eigenvalue weighted by atomic mass is 9.98. The molecule has 0 spiro atoms. The number of ether oxygens (including phenoxy) is 3. The fraction of sp³-hybridized carbons (Fsp3) is 0.600. The highest BCUT2D eigenvalue weighted by Gasteiger charge is 2.48. The summed E-state index contributed by atoms with van der Waals surface area (Å²) in [5.41, 5.74) is -0.0212. The molecule has 2 rings (SSSR count). The maximum Gasteiger partial charge on any atom is 0.341 e. The first-order chi connectivity index (χ1) is 12.5. The molecule has 0 aromatic heterocycles. The molecule has 0 bridgehead atoms. The Hall–Kier alpha value is -2.08. The molecule has 144 valence electrons. The van der Waals surface area contributed by atoms with Crippen molar-refractivity contribution in [3.63, 3.8) is 0 Å². The molecule has 6 nitrogen and oxygen atoms in total. The van der Waals surface area contributed by atoms with Crippen LogP contribution in [0, 0.1) is 5.92 Å². The van der Waals surface area contributed by atoms with Crippen molar-refractivity contribution in [3.05, 3.63) is 23.8 Å². The minimum Gasteiger partial charge on any atom is -0.493 e. The molecule has 1 aromatic rings. The van der Waals surface area contributed by atoms with E-state index in [9.17, 15) is 9.59 Å². The molecule has 0 radical (unpaired) electrons. The van der Waals surface area contributed by atoms with Gasteiger partial charge in [-0.25, -0.2) is 4.79 Å². The minimum absolute atomic E-state index is 0.195. The third-order valence-corrected chi connectivity index (χ3v) is 4.45. The van der Waals surface area contributed by atoms with Crippen LogP contribution < -0.4 is 10.1 Å². The Balaban J connectivity index is 2.21. The van der Waals surface area contributed by atoms with Crippen molar-refractivity contribution in [2.24, 2.45) is 5.92 Å². The summed E-state index contributed by atoms with van der Waals surface area (Å²) < 4.78 is 16.5. The lowest BCUT2D eigenvalue weighted by Gasteiger charge is -2.28. The van der Waals surface area contributed by atoms with Crippen molar-refractivity contribution in [1.29, 1.82) is 0 Å². The maximum atomic E-state index is 12.8. The summed E-state index contributed by atoms with van der Waals surface area (Å²) >= 11 is 0. The number of carbonyl (C=O) groups is 2. The fourth-order valence-electron chi connectivity index (χ4n) is 2.87. The zero-order valence-corrected chi connectivity index (χ0v) is 16.1. The van der Waals surface area contributed by atoms with E-state index in [4.69, 9.17) is 14.2 Å². The number of anilines is 1. The van der Waals surface area contributed by atoms with Crippen LogP contribution in [0.15, 0.2) is 18.2 Å². The van der Waals surface area contributed by atoms with Crippen LogP contribution in [0.2, 0.25) is 0 Å². The van der Waals surface area contributed by atoms with Crippen LogP contribution in [0.3, 0.4) is 0 Å². The summed E-state index contributed by atoms with van der Waals surface area (Å²) in [7, 11) is 0. The molecule has 1 aliphatic carbocycles. The highest BCUT2D eigenvalue weighted by molar-refractivity contribution is 6.00. The van der Waals surface area contributed by atoms with Crippen molar-refractivity contribution in [2.45, 2.75) is 52.6 Å². The Bertz CT molecular complexity index is 641. The van der Waals surface area contributed by atoms with Gasteiger partial charge in [-0.2, -0.15) is 0 Å². The zero-order valence-electron chi connectivity index (χ0n) is 16.1. The molecule has 26 heavy (non-hydrogen) atoms. The van der Waals surface area contributed by atoms with E-state index in [-0.39, 0.29) is 18.4 Å². The van der Waals surface area contributed by atoms with Crippen LogP contribution in [0.4, 0.5) is 5.69 Å². The van der Waals surface area contributed by atoms with E-state index in [0.29, 0.717) is 30.2 Å². The van der Waals surface area contributed by atoms with Gasteiger partial charge in [0, 0.05) is 12.3 Å². The number of hydrogen-bond donors (Lipinski definition) is 1. The van der Waals surface area contributed by atoms with E-state index >= 15 is 0 Å². The van der Waals surface area contributed by atoms with Crippen LogP contribution in [-0.4, -0.2) is 37.3 Å². The maximum absolute atomic E-state index is 12.8. The van der Waals surface area contributed by atoms with Gasteiger partial charge in [0.2, 0.25) is 0 Å². The minimum atomic E-state index is -0.851. The average molecular weight is 363 g/mol. The summed E-state index contributed by atoms with van der Waals surface area (Å²) in [6, 6.07) is 5.01. The second-order valence-electron chi connectivity index (χ2n) is 6.55. The number of esters is 1. The summed E-state index contributed by atoms with van der Waals surface area (Å²) in [5, 5.41) is 2.88. The molecule has 1 amide bonds. The van der Waals surface area contributed by atoms with Gasteiger partial charge in [0.25, 0.3) is 5.91 Å². The van der Waals surface area contributed by atoms with Crippen LogP contribution in [0.25, 0.3) is 0 Å². The predicted octanol–water partition coefficient (Wildman–Crippen LogP) is 3.80. The lowest BCUT2D eigenvalue weighted by Crippen LogP contribution is -2.44. The smallest absolute Gasteiger partial charge is 0.341 e. The lowest BCUT2D eigenvalue weighted by molar-refractivity contribution is -0.141. The first-order valence-corrected chi connectivity index (χ1v) is 9.35. The van der Waals surface area contributed by atoms with Crippen molar-refractivity contribution in [2.75, 3.05) is 25.1 Å². The number of nitrogens with one attached hydrogen (secondary N) is 1. The van der Waals surface area contributed by atoms with Crippen molar-refractivity contribution >= 4 is 17.6 Å². The summed E-state index contributed by atoms with van der Waals surface area (Å²) in [5.74, 6) is 0.0283. The van der Waals surface area contributed by atoms with E-state index in [1.807, 2.05) is 20.8 Å². The van der Waals surface area contributed by atoms with Gasteiger partial charge in [0.05, 0.1) is 13.2 Å². The van der Waals surface area contributed by atoms with Gasteiger partial charge >= 0.3 is 5.97 Å². The van der Waals surface area contributed by atoms with Gasteiger partial charge in [-0.3, -0.25) is 4.79 Å². The SMILES string of the molecule is CCCOc1ccc(NC(=O)[C@](C)(OCC)C2CC2)cc1C(=O)OCC. The molecule has 0 unspecified atom stereocenters. The van der Waals surface area contributed by atoms with E-state index in [2.05, 4.69) is 5.32 Å². The average Bonchev–Trinajstić information content (AvgIpc) is 3.46. The van der Waals surface area contributed by atoms with Crippen LogP contribution in [0.1, 0.15) is 57.3 Å². The van der Waals surface area contributed by atoms with E-state index in [0.717, 1.165) is 19.3 Å². The van der Waals surface area contributed by atoms with Gasteiger partial charge in [-0.05, 0) is 64.2 Å². The number of benzene rings is 1. The highest BCUT2D eigenvalue weighted by Crippen LogP contribution is 2.42. The Morgan fingerprint density at radius 2 is 1.92 bits per heavy atom. The van der Waals surface area contributed by atoms with E-state index < -0.39 is 11.6 Å². The van der Waals surface area contributed by atoms with Gasteiger partial charge in [0.15, 0.2) is 0 Å². The Morgan fingerprint density at radius 3 is 2.50 bits per heavy atom. The van der Waals surface area contributed by atoms with Crippen molar-refractivity contribution < 1.29 is 23.8 Å². The van der Waals surface area contributed by atoms with Gasteiger partial charge in [-0.15, -0.1) is 0 Å². The van der Waals surface area contributed by atoms with Crippen molar-refractivity contribution in [3.8, 4) is 5.75 Å². The second-order valence-corrected chi connectivity index (χ2v) is 6.55. The second kappa shape index (κ2) is 9.03. The monoisotopic (exact) mass is 363 g/mol. The first kappa shape index (κ1) is 20.2. The van der Waals surface area contributed by atoms with Gasteiger partial charge in [-0.1, -0.05) is 6.92 Å². The fourth-order valence-corrected chi connectivity index (χ4v) is 2.87. The van der Waals surface area contributed by atoms with E-state index in [1.165, 1.54) is 0 Å². The quantitative estimate of drug-likeness (QED) is 0.640. The largest absolute Gasteiger partial charge is 0.493 e. The van der Waals surface area contributed by atoms with E-state index in [1.54, 1.807) is 25.1 Å². The molecular formula is C20H29NO5. The van der Waals surface area contributed by atoms with Crippen LogP contribution >= 0.6 is 0 Å². The Labute approximate surface area is 155 Å². The standard InChI is InChI=1S/C20H29NO5/c1-5-12-25-17-11-10-15(13-16(17)18(22)24-6-2)21-19(23)20(4,26-7-3)14-8-9-14/h10-11,13-14H,5-9,12H2,1-4H3,(H,21,23)/t20-/m1/s1. The summed E-state index contributed by atoms with van der Waals surface area (Å²) in [4.78, 5) is 25.0. The number of carbonyl (C=O) groups excluding carboxylic acids is 2. The molecule has 0 aliphatic heterocycles. The summed E-state index contributed by atoms with van der Waals surface area (Å²) in [6.07, 6.45) is 2.80. The Morgan fingerprint density at radius 1 is 1.19 bits per heavy atom. The van der Waals surface area contributed by atoms with Gasteiger partial charge < -0.3 is 19.5 Å². The molecule has 1 N–H and O–H groups in total. The molecule has 1 aliphatic rings. The van der Waals surface area contributed by atoms with Crippen LogP contribution in [-0.2, 0) is 14.3 Å². The Kier molecular flexibility index (Phi) is 7.03. The molecule has 1 saturated carbocycles. The highest BCUT2D eigenvalue weighted by atomic mass is 16.5. The summed E-state index contributed by atoms with van der Waals surface area (Å²) in [6.45, 7) is 8.69. The third kappa shape index (κ3) is 4.75. The number of amides is 1. The normalized spacial score (nSPS) is 15.8. The number of hydrogen-bond acceptors (Lipinski definition) is 5. The number of rotatable bonds is 10. The molecule has 0 saturated heterocycles.